The summed E-state index contributed by atoms with van der Waals surface area (Å²) in [5.74, 6) is 1.95. The molecule has 1 aromatic heterocycles. The van der Waals surface area contributed by atoms with E-state index < -0.39 is 5.82 Å². The first-order valence-electron chi connectivity index (χ1n) is 13.2. The Bertz CT molecular complexity index is 930. The van der Waals surface area contributed by atoms with Crippen LogP contribution in [0, 0.1) is 11.7 Å². The molecule has 35 heavy (non-hydrogen) atoms. The summed E-state index contributed by atoms with van der Waals surface area (Å²) in [6, 6.07) is 5.34. The molecule has 4 rings (SSSR count). The molecule has 2 fully saturated rings. The van der Waals surface area contributed by atoms with Crippen LogP contribution in [0.4, 0.5) is 27.9 Å². The van der Waals surface area contributed by atoms with Crippen molar-refractivity contribution in [2.75, 3.05) is 36.1 Å². The van der Waals surface area contributed by atoms with Gasteiger partial charge < -0.3 is 26.0 Å². The van der Waals surface area contributed by atoms with Crippen LogP contribution in [0.2, 0.25) is 0 Å². The van der Waals surface area contributed by atoms with E-state index in [1.807, 2.05) is 0 Å². The summed E-state index contributed by atoms with van der Waals surface area (Å²) in [5, 5.41) is 13.6. The predicted molar refractivity (Wildman–Crippen MR) is 139 cm³/mol. The van der Waals surface area contributed by atoms with E-state index >= 15 is 0 Å². The van der Waals surface area contributed by atoms with Gasteiger partial charge in [0.1, 0.15) is 0 Å². The highest BCUT2D eigenvalue weighted by Gasteiger charge is 2.24. The minimum Gasteiger partial charge on any atom is -0.494 e. The minimum atomic E-state index is -0.440. The van der Waals surface area contributed by atoms with E-state index in [9.17, 15) is 4.39 Å². The molecule has 0 radical (unpaired) electrons. The van der Waals surface area contributed by atoms with Crippen LogP contribution in [0.15, 0.2) is 18.2 Å². The molecule has 8 nitrogen and oxygen atoms in total. The van der Waals surface area contributed by atoms with Gasteiger partial charge in [-0.15, -0.1) is 0 Å². The maximum absolute atomic E-state index is 14.2. The molecule has 1 aromatic carbocycles. The van der Waals surface area contributed by atoms with Crippen LogP contribution in [-0.2, 0) is 0 Å². The standard InChI is InChI=1S/C26H40FN7O/c1-3-21(22-11-8-15-28-22)31-26-33-24(29-16-14-18-9-6-4-5-7-10-18)32-25(34-26)30-19-12-13-23(35-2)20(27)17-19/h12-13,17-18,21-22,28H,3-11,14-16H2,1-2H3,(H3,29,30,31,32,33,34). The normalized spacial score (nSPS) is 19.7. The number of halogens is 1. The second kappa shape index (κ2) is 12.9. The molecule has 4 N–H and O–H groups in total. The quantitative estimate of drug-likeness (QED) is 0.311. The first-order chi connectivity index (χ1) is 17.1. The molecule has 1 saturated heterocycles. The van der Waals surface area contributed by atoms with Crippen molar-refractivity contribution < 1.29 is 9.13 Å². The molecule has 2 unspecified atom stereocenters. The Morgan fingerprint density at radius 3 is 2.49 bits per heavy atom. The van der Waals surface area contributed by atoms with Crippen molar-refractivity contribution in [1.82, 2.24) is 20.3 Å². The lowest BCUT2D eigenvalue weighted by Gasteiger charge is -2.24. The van der Waals surface area contributed by atoms with Crippen LogP contribution < -0.4 is 26.0 Å². The Hall–Kier alpha value is -2.68. The topological polar surface area (TPSA) is 96.0 Å². The van der Waals surface area contributed by atoms with Gasteiger partial charge in [-0.25, -0.2) is 4.39 Å². The summed E-state index contributed by atoms with van der Waals surface area (Å²) >= 11 is 0. The van der Waals surface area contributed by atoms with Crippen molar-refractivity contribution in [1.29, 1.82) is 0 Å². The summed E-state index contributed by atoms with van der Waals surface area (Å²) in [6.07, 6.45) is 12.4. The van der Waals surface area contributed by atoms with Gasteiger partial charge in [0.25, 0.3) is 0 Å². The molecule has 192 valence electrons. The highest BCUT2D eigenvalue weighted by atomic mass is 19.1. The SMILES string of the molecule is CCC(Nc1nc(NCCC2CCCCCC2)nc(Nc2ccc(OC)c(F)c2)n1)C1CCCN1. The van der Waals surface area contributed by atoms with Gasteiger partial charge in [0.05, 0.1) is 7.11 Å². The summed E-state index contributed by atoms with van der Waals surface area (Å²) in [5.41, 5.74) is 0.550. The van der Waals surface area contributed by atoms with Crippen LogP contribution in [0.25, 0.3) is 0 Å². The zero-order valence-electron chi connectivity index (χ0n) is 21.1. The lowest BCUT2D eigenvalue weighted by atomic mass is 9.97. The van der Waals surface area contributed by atoms with E-state index in [0.717, 1.165) is 38.3 Å². The second-order valence-corrected chi connectivity index (χ2v) is 9.72. The lowest BCUT2D eigenvalue weighted by Crippen LogP contribution is -2.40. The van der Waals surface area contributed by atoms with E-state index in [1.54, 1.807) is 12.1 Å². The highest BCUT2D eigenvalue weighted by molar-refractivity contribution is 5.57. The fraction of sp³-hybridized carbons (Fsp3) is 0.654. The molecular formula is C26H40FN7O. The number of anilines is 4. The molecule has 0 spiro atoms. The zero-order chi connectivity index (χ0) is 24.5. The van der Waals surface area contributed by atoms with Gasteiger partial charge in [-0.3, -0.25) is 0 Å². The molecule has 2 atom stereocenters. The van der Waals surface area contributed by atoms with Crippen LogP contribution in [0.3, 0.4) is 0 Å². The third kappa shape index (κ3) is 7.40. The maximum Gasteiger partial charge on any atom is 0.233 e. The Morgan fingerprint density at radius 2 is 1.80 bits per heavy atom. The molecule has 2 heterocycles. The van der Waals surface area contributed by atoms with E-state index in [2.05, 4.69) is 43.1 Å². The average Bonchev–Trinajstić information content (AvgIpc) is 3.27. The third-order valence-electron chi connectivity index (χ3n) is 7.19. The Labute approximate surface area is 208 Å². The number of nitrogens with one attached hydrogen (secondary N) is 4. The number of hydrogen-bond acceptors (Lipinski definition) is 8. The zero-order valence-corrected chi connectivity index (χ0v) is 21.1. The average molecular weight is 486 g/mol. The van der Waals surface area contributed by atoms with Crippen molar-refractivity contribution in [3.05, 3.63) is 24.0 Å². The smallest absolute Gasteiger partial charge is 0.233 e. The molecule has 2 aliphatic rings. The van der Waals surface area contributed by atoms with E-state index in [1.165, 1.54) is 58.1 Å². The van der Waals surface area contributed by atoms with Crippen LogP contribution in [0.5, 0.6) is 5.75 Å². The highest BCUT2D eigenvalue weighted by Crippen LogP contribution is 2.26. The first kappa shape index (κ1) is 25.4. The summed E-state index contributed by atoms with van der Waals surface area (Å²) in [7, 11) is 1.45. The van der Waals surface area contributed by atoms with Crippen LogP contribution in [-0.4, -0.2) is 47.2 Å². The number of benzene rings is 1. The summed E-state index contributed by atoms with van der Waals surface area (Å²) in [4.78, 5) is 13.9. The molecule has 9 heteroatoms. The Morgan fingerprint density at radius 1 is 1.03 bits per heavy atom. The number of ether oxygens (including phenoxy) is 1. The van der Waals surface area contributed by atoms with Crippen molar-refractivity contribution in [2.24, 2.45) is 5.92 Å². The van der Waals surface area contributed by atoms with Gasteiger partial charge in [-0.05, 0) is 50.3 Å². The fourth-order valence-corrected chi connectivity index (χ4v) is 5.20. The van der Waals surface area contributed by atoms with Gasteiger partial charge in [-0.2, -0.15) is 15.0 Å². The number of methoxy groups -OCH3 is 1. The molecular weight excluding hydrogens is 445 g/mol. The molecule has 1 aliphatic heterocycles. The molecule has 0 bridgehead atoms. The monoisotopic (exact) mass is 485 g/mol. The second-order valence-electron chi connectivity index (χ2n) is 9.72. The Kier molecular flexibility index (Phi) is 9.34. The van der Waals surface area contributed by atoms with Gasteiger partial charge in [-0.1, -0.05) is 45.4 Å². The van der Waals surface area contributed by atoms with Crippen LogP contribution in [0.1, 0.15) is 71.1 Å². The van der Waals surface area contributed by atoms with Crippen molar-refractivity contribution >= 4 is 23.5 Å². The fourth-order valence-electron chi connectivity index (χ4n) is 5.20. The minimum absolute atomic E-state index is 0.198. The number of aromatic nitrogens is 3. The van der Waals surface area contributed by atoms with Gasteiger partial charge in [0.15, 0.2) is 11.6 Å². The third-order valence-corrected chi connectivity index (χ3v) is 7.19. The van der Waals surface area contributed by atoms with Crippen molar-refractivity contribution in [2.45, 2.75) is 83.2 Å². The summed E-state index contributed by atoms with van der Waals surface area (Å²) < 4.78 is 19.2. The maximum atomic E-state index is 14.2. The van der Waals surface area contributed by atoms with Gasteiger partial charge in [0.2, 0.25) is 17.8 Å². The van der Waals surface area contributed by atoms with Crippen molar-refractivity contribution in [3.63, 3.8) is 0 Å². The number of hydrogen-bond donors (Lipinski definition) is 4. The number of nitrogens with zero attached hydrogens (tertiary/aromatic N) is 3. The van der Waals surface area contributed by atoms with E-state index in [4.69, 9.17) is 4.74 Å². The van der Waals surface area contributed by atoms with Crippen molar-refractivity contribution in [3.8, 4) is 5.75 Å². The summed E-state index contributed by atoms with van der Waals surface area (Å²) in [6.45, 7) is 4.04. The largest absolute Gasteiger partial charge is 0.494 e. The van der Waals surface area contributed by atoms with E-state index in [0.29, 0.717) is 29.6 Å². The molecule has 1 aliphatic carbocycles. The molecule has 1 saturated carbocycles. The number of rotatable bonds is 11. The van der Waals surface area contributed by atoms with Crippen LogP contribution >= 0.6 is 0 Å². The Balaban J connectivity index is 1.48. The first-order valence-corrected chi connectivity index (χ1v) is 13.2. The lowest BCUT2D eigenvalue weighted by molar-refractivity contribution is 0.386. The predicted octanol–water partition coefficient (Wildman–Crippen LogP) is 5.48. The van der Waals surface area contributed by atoms with Gasteiger partial charge in [0, 0.05) is 30.4 Å². The van der Waals surface area contributed by atoms with E-state index in [-0.39, 0.29) is 11.8 Å². The van der Waals surface area contributed by atoms with Gasteiger partial charge >= 0.3 is 0 Å². The molecule has 2 aromatic rings. The molecule has 0 amide bonds.